The van der Waals surface area contributed by atoms with Gasteiger partial charge in [-0.15, -0.1) is 11.3 Å². The van der Waals surface area contributed by atoms with Gasteiger partial charge in [0.25, 0.3) is 5.91 Å². The third-order valence-electron chi connectivity index (χ3n) is 3.99. The summed E-state index contributed by atoms with van der Waals surface area (Å²) < 4.78 is 10.4. The number of hydrogen-bond acceptors (Lipinski definition) is 6. The normalized spacial score (nSPS) is 10.6. The van der Waals surface area contributed by atoms with Crippen LogP contribution in [-0.2, 0) is 16.0 Å². The zero-order chi connectivity index (χ0) is 20.8. The largest absolute Gasteiger partial charge is 0.491 e. The number of nitrogens with one attached hydrogen (secondary N) is 1. The van der Waals surface area contributed by atoms with Gasteiger partial charge in [-0.2, -0.15) is 0 Å². The molecule has 1 amide bonds. The molecule has 0 bridgehead atoms. The van der Waals surface area contributed by atoms with Crippen molar-refractivity contribution in [3.63, 3.8) is 0 Å². The van der Waals surface area contributed by atoms with E-state index in [1.54, 1.807) is 24.3 Å². The lowest BCUT2D eigenvalue weighted by Crippen LogP contribution is -2.12. The molecular formula is C22H22N2O4S. The molecular weight excluding hydrogens is 388 g/mol. The van der Waals surface area contributed by atoms with Gasteiger partial charge < -0.3 is 9.47 Å². The monoisotopic (exact) mass is 410 g/mol. The molecule has 0 saturated heterocycles. The maximum atomic E-state index is 12.6. The Kier molecular flexibility index (Phi) is 6.61. The molecule has 0 spiro atoms. The summed E-state index contributed by atoms with van der Waals surface area (Å²) >= 11 is 1.26. The van der Waals surface area contributed by atoms with Crippen LogP contribution in [0.4, 0.5) is 5.13 Å². The van der Waals surface area contributed by atoms with Crippen molar-refractivity contribution >= 4 is 28.3 Å². The number of ether oxygens (including phenoxy) is 2. The van der Waals surface area contributed by atoms with Gasteiger partial charge in [0.15, 0.2) is 5.13 Å². The first-order valence-corrected chi connectivity index (χ1v) is 9.98. The molecule has 1 heterocycles. The lowest BCUT2D eigenvalue weighted by Gasteiger charge is -2.09. The van der Waals surface area contributed by atoms with Crippen LogP contribution in [0.15, 0.2) is 54.6 Å². The number of benzene rings is 2. The van der Waals surface area contributed by atoms with Gasteiger partial charge >= 0.3 is 5.97 Å². The van der Waals surface area contributed by atoms with Crippen molar-refractivity contribution in [2.75, 3.05) is 12.4 Å². The number of hydrogen-bond donors (Lipinski definition) is 1. The number of methoxy groups -OCH3 is 1. The highest BCUT2D eigenvalue weighted by Crippen LogP contribution is 2.32. The number of aromatic nitrogens is 1. The molecule has 0 aliphatic heterocycles. The van der Waals surface area contributed by atoms with Gasteiger partial charge in [-0.25, -0.2) is 4.98 Å². The Labute approximate surface area is 173 Å². The third-order valence-corrected chi connectivity index (χ3v) is 4.96. The summed E-state index contributed by atoms with van der Waals surface area (Å²) in [5.74, 6) is 0.0704. The van der Waals surface area contributed by atoms with Crippen LogP contribution in [-0.4, -0.2) is 30.1 Å². The lowest BCUT2D eigenvalue weighted by atomic mass is 10.1. The van der Waals surface area contributed by atoms with E-state index in [1.807, 2.05) is 44.2 Å². The van der Waals surface area contributed by atoms with E-state index >= 15 is 0 Å². The summed E-state index contributed by atoms with van der Waals surface area (Å²) in [5.41, 5.74) is 2.03. The predicted molar refractivity (Wildman–Crippen MR) is 113 cm³/mol. The van der Waals surface area contributed by atoms with Crippen molar-refractivity contribution in [3.8, 4) is 17.0 Å². The summed E-state index contributed by atoms with van der Waals surface area (Å²) in [7, 11) is 1.35. The summed E-state index contributed by atoms with van der Waals surface area (Å²) in [4.78, 5) is 29.7. The molecule has 150 valence electrons. The van der Waals surface area contributed by atoms with Gasteiger partial charge in [-0.3, -0.25) is 14.9 Å². The Morgan fingerprint density at radius 1 is 1.07 bits per heavy atom. The van der Waals surface area contributed by atoms with E-state index in [-0.39, 0.29) is 24.4 Å². The highest BCUT2D eigenvalue weighted by atomic mass is 32.1. The van der Waals surface area contributed by atoms with Crippen molar-refractivity contribution < 1.29 is 19.1 Å². The van der Waals surface area contributed by atoms with Crippen LogP contribution >= 0.6 is 11.3 Å². The Hall–Kier alpha value is -3.19. The second kappa shape index (κ2) is 9.34. The molecule has 7 heteroatoms. The fraction of sp³-hybridized carbons (Fsp3) is 0.227. The number of rotatable bonds is 7. The highest BCUT2D eigenvalue weighted by Gasteiger charge is 2.18. The van der Waals surface area contributed by atoms with Crippen molar-refractivity contribution in [1.82, 2.24) is 4.98 Å². The Morgan fingerprint density at radius 2 is 1.76 bits per heavy atom. The first-order valence-electron chi connectivity index (χ1n) is 9.16. The van der Waals surface area contributed by atoms with Crippen LogP contribution < -0.4 is 10.1 Å². The van der Waals surface area contributed by atoms with Gasteiger partial charge in [0.2, 0.25) is 0 Å². The standard InChI is InChI=1S/C22H22N2O4S/c1-14(2)28-17-11-9-16(10-12-17)21(26)24-22-23-20(15-7-5-4-6-8-15)18(29-22)13-19(25)27-3/h4-12,14H,13H2,1-3H3,(H,23,24,26). The van der Waals surface area contributed by atoms with Crippen LogP contribution in [0.5, 0.6) is 5.75 Å². The van der Waals surface area contributed by atoms with E-state index in [1.165, 1.54) is 18.4 Å². The van der Waals surface area contributed by atoms with E-state index in [0.29, 0.717) is 22.1 Å². The molecule has 29 heavy (non-hydrogen) atoms. The van der Waals surface area contributed by atoms with Crippen molar-refractivity contribution in [2.45, 2.75) is 26.4 Å². The molecule has 3 aromatic rings. The van der Waals surface area contributed by atoms with E-state index in [2.05, 4.69) is 10.3 Å². The topological polar surface area (TPSA) is 77.5 Å². The number of nitrogens with zero attached hydrogens (tertiary/aromatic N) is 1. The molecule has 0 aliphatic rings. The number of esters is 1. The summed E-state index contributed by atoms with van der Waals surface area (Å²) in [6.07, 6.45) is 0.157. The van der Waals surface area contributed by atoms with Gasteiger partial charge in [-0.05, 0) is 38.1 Å². The second-order valence-electron chi connectivity index (χ2n) is 6.55. The molecule has 0 atom stereocenters. The smallest absolute Gasteiger partial charge is 0.310 e. The zero-order valence-corrected chi connectivity index (χ0v) is 17.3. The average molecular weight is 410 g/mol. The van der Waals surface area contributed by atoms with Gasteiger partial charge in [-0.1, -0.05) is 30.3 Å². The molecule has 0 radical (unpaired) electrons. The number of thiazole rings is 1. The summed E-state index contributed by atoms with van der Waals surface area (Å²) in [6, 6.07) is 16.5. The number of anilines is 1. The first-order chi connectivity index (χ1) is 14.0. The Morgan fingerprint density at radius 3 is 2.38 bits per heavy atom. The summed E-state index contributed by atoms with van der Waals surface area (Å²) in [6.45, 7) is 3.89. The van der Waals surface area contributed by atoms with Crippen LogP contribution in [0, 0.1) is 0 Å². The second-order valence-corrected chi connectivity index (χ2v) is 7.64. The maximum absolute atomic E-state index is 12.6. The molecule has 0 saturated carbocycles. The van der Waals surface area contributed by atoms with Crippen LogP contribution in [0.3, 0.4) is 0 Å². The molecule has 0 aliphatic carbocycles. The minimum absolute atomic E-state index is 0.0645. The first kappa shape index (κ1) is 20.5. The average Bonchev–Trinajstić information content (AvgIpc) is 3.10. The quantitative estimate of drug-likeness (QED) is 0.578. The fourth-order valence-corrected chi connectivity index (χ4v) is 3.64. The number of carbonyl (C=O) groups is 2. The molecule has 2 aromatic carbocycles. The van der Waals surface area contributed by atoms with Crippen molar-refractivity contribution in [1.29, 1.82) is 0 Å². The van der Waals surface area contributed by atoms with Gasteiger partial charge in [0.05, 0.1) is 25.3 Å². The van der Waals surface area contributed by atoms with E-state index < -0.39 is 0 Å². The Balaban J connectivity index is 1.81. The third kappa shape index (κ3) is 5.42. The zero-order valence-electron chi connectivity index (χ0n) is 16.5. The fourth-order valence-electron chi connectivity index (χ4n) is 2.68. The van der Waals surface area contributed by atoms with Crippen molar-refractivity contribution in [3.05, 3.63) is 65.0 Å². The van der Waals surface area contributed by atoms with Crippen molar-refractivity contribution in [2.24, 2.45) is 0 Å². The number of amides is 1. The highest BCUT2D eigenvalue weighted by molar-refractivity contribution is 7.16. The van der Waals surface area contributed by atoms with Gasteiger partial charge in [0, 0.05) is 16.0 Å². The number of carbonyl (C=O) groups excluding carboxylic acids is 2. The molecule has 0 unspecified atom stereocenters. The molecule has 1 N–H and O–H groups in total. The van der Waals surface area contributed by atoms with E-state index in [0.717, 1.165) is 10.4 Å². The molecule has 1 aromatic heterocycles. The lowest BCUT2D eigenvalue weighted by molar-refractivity contribution is -0.139. The van der Waals surface area contributed by atoms with E-state index in [4.69, 9.17) is 9.47 Å². The van der Waals surface area contributed by atoms with Gasteiger partial charge in [0.1, 0.15) is 5.75 Å². The molecule has 6 nitrogen and oxygen atoms in total. The SMILES string of the molecule is COC(=O)Cc1sc(NC(=O)c2ccc(OC(C)C)cc2)nc1-c1ccccc1. The molecule has 3 rings (SSSR count). The minimum Gasteiger partial charge on any atom is -0.491 e. The van der Waals surface area contributed by atoms with E-state index in [9.17, 15) is 9.59 Å². The van der Waals surface area contributed by atoms with Crippen LogP contribution in [0.1, 0.15) is 29.1 Å². The minimum atomic E-state index is -0.357. The maximum Gasteiger partial charge on any atom is 0.310 e. The molecule has 0 fully saturated rings. The van der Waals surface area contributed by atoms with Crippen LogP contribution in [0.2, 0.25) is 0 Å². The Bertz CT molecular complexity index is 982. The predicted octanol–water partition coefficient (Wildman–Crippen LogP) is 4.57. The summed E-state index contributed by atoms with van der Waals surface area (Å²) in [5, 5.41) is 3.24. The van der Waals surface area contributed by atoms with Crippen LogP contribution in [0.25, 0.3) is 11.3 Å².